The average molecular weight is 353 g/mol. The molecule has 1 fully saturated rings. The Hall–Kier alpha value is -2.50. The lowest BCUT2D eigenvalue weighted by molar-refractivity contribution is -0.133. The van der Waals surface area contributed by atoms with Gasteiger partial charge in [0.25, 0.3) is 0 Å². The van der Waals surface area contributed by atoms with Crippen molar-refractivity contribution >= 4 is 11.7 Å². The van der Waals surface area contributed by atoms with Crippen molar-refractivity contribution in [3.8, 4) is 0 Å². The number of rotatable bonds is 6. The van der Waals surface area contributed by atoms with Gasteiger partial charge in [-0.1, -0.05) is 6.07 Å². The lowest BCUT2D eigenvalue weighted by atomic mass is 9.92. The molecule has 1 saturated heterocycles. The minimum atomic E-state index is 0.241. The number of anilines is 1. The van der Waals surface area contributed by atoms with Gasteiger partial charge in [0.1, 0.15) is 5.82 Å². The highest BCUT2D eigenvalue weighted by molar-refractivity contribution is 5.76. The SMILES string of the molecule is CN(C)c1nccnc1CC1CCCN(C(=O)CCc2cccnc2)C1. The van der Waals surface area contributed by atoms with Crippen LogP contribution in [0.3, 0.4) is 0 Å². The van der Waals surface area contributed by atoms with Crippen LogP contribution in [0.25, 0.3) is 0 Å². The molecule has 0 aliphatic carbocycles. The predicted octanol–water partition coefficient (Wildman–Crippen LogP) is 2.35. The monoisotopic (exact) mass is 353 g/mol. The number of carbonyl (C=O) groups is 1. The van der Waals surface area contributed by atoms with E-state index in [2.05, 4.69) is 15.0 Å². The summed E-state index contributed by atoms with van der Waals surface area (Å²) in [4.78, 5) is 29.7. The first-order valence-corrected chi connectivity index (χ1v) is 9.27. The van der Waals surface area contributed by atoms with E-state index in [9.17, 15) is 4.79 Å². The largest absolute Gasteiger partial charge is 0.361 e. The van der Waals surface area contributed by atoms with Crippen molar-refractivity contribution in [3.05, 3.63) is 48.2 Å². The van der Waals surface area contributed by atoms with Crippen molar-refractivity contribution in [2.24, 2.45) is 5.92 Å². The van der Waals surface area contributed by atoms with Crippen LogP contribution in [0.2, 0.25) is 0 Å². The molecule has 138 valence electrons. The standard InChI is InChI=1S/C20H27N5O/c1-24(2)20-18(22-10-11-23-20)13-17-6-4-12-25(15-17)19(26)8-7-16-5-3-9-21-14-16/h3,5,9-11,14,17H,4,6-8,12-13,15H2,1-2H3. The van der Waals surface area contributed by atoms with Crippen LogP contribution in [-0.4, -0.2) is 52.9 Å². The van der Waals surface area contributed by atoms with Crippen LogP contribution in [0.5, 0.6) is 0 Å². The van der Waals surface area contributed by atoms with Crippen molar-refractivity contribution in [2.75, 3.05) is 32.1 Å². The third-order valence-electron chi connectivity index (χ3n) is 4.88. The van der Waals surface area contributed by atoms with Gasteiger partial charge in [0, 0.05) is 58.4 Å². The number of aromatic nitrogens is 3. The first kappa shape index (κ1) is 18.3. The molecule has 0 saturated carbocycles. The molecule has 3 heterocycles. The van der Waals surface area contributed by atoms with Crippen molar-refractivity contribution in [1.82, 2.24) is 19.9 Å². The van der Waals surface area contributed by atoms with Crippen LogP contribution in [0, 0.1) is 5.92 Å². The molecule has 26 heavy (non-hydrogen) atoms. The Morgan fingerprint density at radius 2 is 2.12 bits per heavy atom. The molecule has 0 N–H and O–H groups in total. The summed E-state index contributed by atoms with van der Waals surface area (Å²) in [5.74, 6) is 1.61. The molecule has 0 aromatic carbocycles. The fourth-order valence-electron chi connectivity index (χ4n) is 3.56. The highest BCUT2D eigenvalue weighted by Crippen LogP contribution is 2.24. The Morgan fingerprint density at radius 1 is 1.27 bits per heavy atom. The van der Waals surface area contributed by atoms with Crippen LogP contribution < -0.4 is 4.90 Å². The second-order valence-electron chi connectivity index (χ2n) is 7.13. The van der Waals surface area contributed by atoms with E-state index in [1.54, 1.807) is 18.6 Å². The van der Waals surface area contributed by atoms with E-state index in [1.165, 1.54) is 0 Å². The van der Waals surface area contributed by atoms with Gasteiger partial charge in [-0.2, -0.15) is 0 Å². The lowest BCUT2D eigenvalue weighted by Gasteiger charge is -2.33. The van der Waals surface area contributed by atoms with Gasteiger partial charge in [0.2, 0.25) is 5.91 Å². The summed E-state index contributed by atoms with van der Waals surface area (Å²) in [6.07, 6.45) is 11.4. The summed E-state index contributed by atoms with van der Waals surface area (Å²) in [6.45, 7) is 1.68. The molecular weight excluding hydrogens is 326 g/mol. The van der Waals surface area contributed by atoms with Gasteiger partial charge in [0.05, 0.1) is 5.69 Å². The van der Waals surface area contributed by atoms with Crippen LogP contribution in [0.1, 0.15) is 30.5 Å². The Kier molecular flexibility index (Phi) is 6.15. The van der Waals surface area contributed by atoms with Gasteiger partial charge >= 0.3 is 0 Å². The maximum atomic E-state index is 12.6. The smallest absolute Gasteiger partial charge is 0.222 e. The second kappa shape index (κ2) is 8.74. The van der Waals surface area contributed by atoms with Crippen LogP contribution >= 0.6 is 0 Å². The lowest BCUT2D eigenvalue weighted by Crippen LogP contribution is -2.40. The molecule has 6 nitrogen and oxygen atoms in total. The van der Waals surface area contributed by atoms with E-state index in [0.717, 1.165) is 55.8 Å². The van der Waals surface area contributed by atoms with Crippen molar-refractivity contribution in [1.29, 1.82) is 0 Å². The van der Waals surface area contributed by atoms with Gasteiger partial charge in [-0.25, -0.2) is 4.98 Å². The molecule has 3 rings (SSSR count). The average Bonchev–Trinajstić information content (AvgIpc) is 2.67. The molecule has 1 unspecified atom stereocenters. The number of hydrogen-bond acceptors (Lipinski definition) is 5. The number of nitrogens with zero attached hydrogens (tertiary/aromatic N) is 5. The predicted molar refractivity (Wildman–Crippen MR) is 102 cm³/mol. The van der Waals surface area contributed by atoms with Crippen molar-refractivity contribution in [2.45, 2.75) is 32.1 Å². The molecule has 1 aliphatic rings. The van der Waals surface area contributed by atoms with Crippen molar-refractivity contribution < 1.29 is 4.79 Å². The maximum Gasteiger partial charge on any atom is 0.222 e. The van der Waals surface area contributed by atoms with Gasteiger partial charge in [-0.15, -0.1) is 0 Å². The number of aryl methyl sites for hydroxylation is 1. The Labute approximate surface area is 155 Å². The summed E-state index contributed by atoms with van der Waals surface area (Å²) in [7, 11) is 3.98. The number of piperidine rings is 1. The minimum Gasteiger partial charge on any atom is -0.361 e. The molecule has 0 spiro atoms. The van der Waals surface area contributed by atoms with E-state index in [-0.39, 0.29) is 5.91 Å². The van der Waals surface area contributed by atoms with E-state index in [4.69, 9.17) is 0 Å². The minimum absolute atomic E-state index is 0.241. The van der Waals surface area contributed by atoms with Crippen LogP contribution in [-0.2, 0) is 17.6 Å². The van der Waals surface area contributed by atoms with E-state index >= 15 is 0 Å². The summed E-state index contributed by atoms with van der Waals surface area (Å²) in [6, 6.07) is 3.94. The summed E-state index contributed by atoms with van der Waals surface area (Å²) >= 11 is 0. The third-order valence-corrected chi connectivity index (χ3v) is 4.88. The number of likely N-dealkylation sites (tertiary alicyclic amines) is 1. The Balaban J connectivity index is 1.56. The number of pyridine rings is 1. The number of carbonyl (C=O) groups excluding carboxylic acids is 1. The Bertz CT molecular complexity index is 719. The topological polar surface area (TPSA) is 62.2 Å². The molecule has 2 aromatic rings. The van der Waals surface area contributed by atoms with Gasteiger partial charge in [0.15, 0.2) is 0 Å². The highest BCUT2D eigenvalue weighted by atomic mass is 16.2. The fourth-order valence-corrected chi connectivity index (χ4v) is 3.56. The highest BCUT2D eigenvalue weighted by Gasteiger charge is 2.25. The zero-order chi connectivity index (χ0) is 18.4. The summed E-state index contributed by atoms with van der Waals surface area (Å²) < 4.78 is 0. The van der Waals surface area contributed by atoms with E-state index in [1.807, 2.05) is 42.2 Å². The first-order valence-electron chi connectivity index (χ1n) is 9.27. The molecule has 6 heteroatoms. The number of amides is 1. The molecule has 1 amide bonds. The van der Waals surface area contributed by atoms with Crippen molar-refractivity contribution in [3.63, 3.8) is 0 Å². The van der Waals surface area contributed by atoms with Gasteiger partial charge in [-0.05, 0) is 43.2 Å². The molecule has 0 radical (unpaired) electrons. The molecular formula is C20H27N5O. The summed E-state index contributed by atoms with van der Waals surface area (Å²) in [5.41, 5.74) is 2.14. The molecule has 1 atom stereocenters. The van der Waals surface area contributed by atoms with E-state index < -0.39 is 0 Å². The maximum absolute atomic E-state index is 12.6. The van der Waals surface area contributed by atoms with E-state index in [0.29, 0.717) is 12.3 Å². The zero-order valence-electron chi connectivity index (χ0n) is 15.6. The number of hydrogen-bond donors (Lipinski definition) is 0. The van der Waals surface area contributed by atoms with Gasteiger partial charge < -0.3 is 9.80 Å². The third kappa shape index (κ3) is 4.77. The van der Waals surface area contributed by atoms with Gasteiger partial charge in [-0.3, -0.25) is 14.8 Å². The quantitative estimate of drug-likeness (QED) is 0.798. The second-order valence-corrected chi connectivity index (χ2v) is 7.13. The normalized spacial score (nSPS) is 17.2. The zero-order valence-corrected chi connectivity index (χ0v) is 15.6. The van der Waals surface area contributed by atoms with Crippen LogP contribution in [0.15, 0.2) is 36.9 Å². The molecule has 0 bridgehead atoms. The molecule has 1 aliphatic heterocycles. The summed E-state index contributed by atoms with van der Waals surface area (Å²) in [5, 5.41) is 0. The van der Waals surface area contributed by atoms with Crippen LogP contribution in [0.4, 0.5) is 5.82 Å². The first-order chi connectivity index (χ1) is 12.6. The molecule has 2 aromatic heterocycles. The fraction of sp³-hybridized carbons (Fsp3) is 0.500. The Morgan fingerprint density at radius 3 is 2.88 bits per heavy atom.